The highest BCUT2D eigenvalue weighted by Crippen LogP contribution is 2.39. The van der Waals surface area contributed by atoms with Crippen molar-refractivity contribution in [3.63, 3.8) is 0 Å². The zero-order valence-corrected chi connectivity index (χ0v) is 14.7. The fraction of sp³-hybridized carbons (Fsp3) is 0. The molecule has 0 atom stereocenters. The highest BCUT2D eigenvalue weighted by Gasteiger charge is 2.20. The van der Waals surface area contributed by atoms with Crippen LogP contribution in [0.2, 0.25) is 10.0 Å². The summed E-state index contributed by atoms with van der Waals surface area (Å²) in [6.45, 7) is 0. The Bertz CT molecular complexity index is 1030. The lowest BCUT2D eigenvalue weighted by atomic mass is 9.88. The molecule has 3 rings (SSSR count). The first kappa shape index (κ1) is 18.0. The van der Waals surface area contributed by atoms with E-state index in [1.807, 2.05) is 0 Å². The van der Waals surface area contributed by atoms with Crippen molar-refractivity contribution in [3.8, 4) is 22.3 Å². The molecule has 0 spiro atoms. The number of benzene rings is 3. The molecule has 0 aliphatic rings. The smallest absolute Gasteiger partial charge is 0.0728 e. The van der Waals surface area contributed by atoms with Crippen molar-refractivity contribution in [2.45, 2.75) is 0 Å². The third-order valence-electron chi connectivity index (χ3n) is 3.94. The SMILES string of the molecule is O=C([O-])c1ccc(-c2ccccc2Cl)c(C(=O)[O-])c1-c1ccccc1Cl. The van der Waals surface area contributed by atoms with E-state index in [2.05, 4.69) is 0 Å². The van der Waals surface area contributed by atoms with Gasteiger partial charge >= 0.3 is 0 Å². The molecule has 0 radical (unpaired) electrons. The van der Waals surface area contributed by atoms with Crippen LogP contribution in [0.25, 0.3) is 22.3 Å². The maximum Gasteiger partial charge on any atom is 0.0728 e. The van der Waals surface area contributed by atoms with Gasteiger partial charge in [0.05, 0.1) is 11.9 Å². The Morgan fingerprint density at radius 3 is 1.69 bits per heavy atom. The summed E-state index contributed by atoms with van der Waals surface area (Å²) >= 11 is 12.4. The molecule has 3 aromatic carbocycles. The molecule has 130 valence electrons. The number of halogens is 2. The quantitative estimate of drug-likeness (QED) is 0.692. The molecule has 26 heavy (non-hydrogen) atoms. The molecule has 0 N–H and O–H groups in total. The molecule has 0 amide bonds. The van der Waals surface area contributed by atoms with Gasteiger partial charge in [-0.25, -0.2) is 0 Å². The Labute approximate surface area is 159 Å². The second-order valence-electron chi connectivity index (χ2n) is 5.45. The largest absolute Gasteiger partial charge is 0.545 e. The Morgan fingerprint density at radius 1 is 0.654 bits per heavy atom. The van der Waals surface area contributed by atoms with Crippen molar-refractivity contribution in [3.05, 3.63) is 81.8 Å². The number of carboxylic acids is 2. The van der Waals surface area contributed by atoms with Gasteiger partial charge in [-0.2, -0.15) is 0 Å². The maximum atomic E-state index is 12.0. The molecular weight excluding hydrogens is 375 g/mol. The van der Waals surface area contributed by atoms with E-state index in [0.29, 0.717) is 10.6 Å². The van der Waals surface area contributed by atoms with E-state index >= 15 is 0 Å². The first-order chi connectivity index (χ1) is 12.4. The maximum absolute atomic E-state index is 12.0. The minimum absolute atomic E-state index is 0.0759. The van der Waals surface area contributed by atoms with E-state index in [0.717, 1.165) is 0 Å². The van der Waals surface area contributed by atoms with Gasteiger partial charge in [-0.3, -0.25) is 0 Å². The van der Waals surface area contributed by atoms with Crippen LogP contribution in [0.4, 0.5) is 0 Å². The summed E-state index contributed by atoms with van der Waals surface area (Å²) in [4.78, 5) is 23.6. The van der Waals surface area contributed by atoms with Crippen LogP contribution in [0, 0.1) is 0 Å². The second kappa shape index (κ2) is 7.20. The number of hydrogen-bond donors (Lipinski definition) is 0. The molecular formula is C20H10Cl2O4-2. The predicted octanol–water partition coefficient (Wildman–Crippen LogP) is 3.05. The molecule has 0 saturated heterocycles. The number of hydrogen-bond acceptors (Lipinski definition) is 4. The highest BCUT2D eigenvalue weighted by molar-refractivity contribution is 6.34. The molecule has 0 bridgehead atoms. The fourth-order valence-electron chi connectivity index (χ4n) is 2.83. The fourth-order valence-corrected chi connectivity index (χ4v) is 3.30. The number of carbonyl (C=O) groups excluding carboxylic acids is 2. The van der Waals surface area contributed by atoms with Gasteiger partial charge in [0, 0.05) is 37.9 Å². The second-order valence-corrected chi connectivity index (χ2v) is 6.26. The Balaban J connectivity index is 2.46. The Kier molecular flexibility index (Phi) is 4.98. The van der Waals surface area contributed by atoms with Crippen molar-refractivity contribution < 1.29 is 19.8 Å². The zero-order valence-electron chi connectivity index (χ0n) is 13.2. The molecule has 0 aromatic heterocycles. The van der Waals surface area contributed by atoms with Gasteiger partial charge in [-0.15, -0.1) is 0 Å². The highest BCUT2D eigenvalue weighted by atomic mass is 35.5. The summed E-state index contributed by atoms with van der Waals surface area (Å²) in [7, 11) is 0. The third-order valence-corrected chi connectivity index (χ3v) is 4.60. The average molecular weight is 385 g/mol. The van der Waals surface area contributed by atoms with E-state index < -0.39 is 11.9 Å². The van der Waals surface area contributed by atoms with Crippen LogP contribution in [0.15, 0.2) is 60.7 Å². The molecule has 0 aliphatic carbocycles. The number of carbonyl (C=O) groups is 2. The van der Waals surface area contributed by atoms with Crippen molar-refractivity contribution >= 4 is 35.1 Å². The Morgan fingerprint density at radius 2 is 1.19 bits per heavy atom. The zero-order chi connectivity index (χ0) is 18.8. The van der Waals surface area contributed by atoms with Crippen LogP contribution in [0.5, 0.6) is 0 Å². The van der Waals surface area contributed by atoms with Gasteiger partial charge in [-0.1, -0.05) is 71.7 Å². The van der Waals surface area contributed by atoms with Crippen molar-refractivity contribution in [2.75, 3.05) is 0 Å². The minimum Gasteiger partial charge on any atom is -0.545 e. The number of aromatic carboxylic acids is 2. The summed E-state index contributed by atoms with van der Waals surface area (Å²) in [5.41, 5.74) is 0.234. The normalized spacial score (nSPS) is 10.5. The summed E-state index contributed by atoms with van der Waals surface area (Å²) < 4.78 is 0. The van der Waals surface area contributed by atoms with E-state index in [9.17, 15) is 19.8 Å². The molecule has 6 heteroatoms. The molecule has 0 heterocycles. The first-order valence-corrected chi connectivity index (χ1v) is 8.27. The standard InChI is InChI=1S/C20H12Cl2O4/c21-15-7-3-1-5-11(15)12-9-10-14(19(23)24)17(18(12)20(25)26)13-6-2-4-8-16(13)22/h1-10H,(H,23,24)(H,25,26)/p-2. The Hall–Kier alpha value is -2.82. The first-order valence-electron chi connectivity index (χ1n) is 7.51. The molecule has 3 aromatic rings. The summed E-state index contributed by atoms with van der Waals surface area (Å²) in [5.74, 6) is -3.06. The molecule has 4 nitrogen and oxygen atoms in total. The predicted molar refractivity (Wildman–Crippen MR) is 96.0 cm³/mol. The lowest BCUT2D eigenvalue weighted by molar-refractivity contribution is -0.255. The lowest BCUT2D eigenvalue weighted by Crippen LogP contribution is -2.28. The van der Waals surface area contributed by atoms with E-state index in [1.54, 1.807) is 36.4 Å². The van der Waals surface area contributed by atoms with Crippen LogP contribution in [-0.4, -0.2) is 11.9 Å². The van der Waals surface area contributed by atoms with Crippen LogP contribution < -0.4 is 10.2 Å². The van der Waals surface area contributed by atoms with Gasteiger partial charge in [-0.05, 0) is 17.7 Å². The molecule has 0 aliphatic heterocycles. The topological polar surface area (TPSA) is 80.3 Å². The summed E-state index contributed by atoms with van der Waals surface area (Å²) in [6.07, 6.45) is 0. The monoisotopic (exact) mass is 384 g/mol. The van der Waals surface area contributed by atoms with Crippen LogP contribution >= 0.6 is 23.2 Å². The van der Waals surface area contributed by atoms with Crippen LogP contribution in [0.3, 0.4) is 0 Å². The van der Waals surface area contributed by atoms with E-state index in [4.69, 9.17) is 23.2 Å². The van der Waals surface area contributed by atoms with E-state index in [-0.39, 0.29) is 32.8 Å². The van der Waals surface area contributed by atoms with Crippen molar-refractivity contribution in [1.29, 1.82) is 0 Å². The van der Waals surface area contributed by atoms with Crippen molar-refractivity contribution in [2.24, 2.45) is 0 Å². The number of rotatable bonds is 4. The van der Waals surface area contributed by atoms with Gasteiger partial charge in [0.1, 0.15) is 0 Å². The summed E-state index contributed by atoms with van der Waals surface area (Å²) in [5, 5.41) is 24.1. The lowest BCUT2D eigenvalue weighted by Gasteiger charge is -2.21. The van der Waals surface area contributed by atoms with Gasteiger partial charge < -0.3 is 19.8 Å². The van der Waals surface area contributed by atoms with E-state index in [1.165, 1.54) is 24.3 Å². The number of carboxylic acid groups (broad SMARTS) is 2. The van der Waals surface area contributed by atoms with Gasteiger partial charge in [0.15, 0.2) is 0 Å². The average Bonchev–Trinajstić information content (AvgIpc) is 2.61. The summed E-state index contributed by atoms with van der Waals surface area (Å²) in [6, 6.07) is 15.7. The third kappa shape index (κ3) is 3.17. The molecule has 0 unspecified atom stereocenters. The van der Waals surface area contributed by atoms with Crippen LogP contribution in [-0.2, 0) is 0 Å². The van der Waals surface area contributed by atoms with Crippen LogP contribution in [0.1, 0.15) is 20.7 Å². The molecule has 0 saturated carbocycles. The molecule has 0 fully saturated rings. The minimum atomic E-state index is -1.54. The van der Waals surface area contributed by atoms with Crippen molar-refractivity contribution in [1.82, 2.24) is 0 Å². The van der Waals surface area contributed by atoms with Gasteiger partial charge in [0.25, 0.3) is 0 Å². The van der Waals surface area contributed by atoms with Gasteiger partial charge in [0.2, 0.25) is 0 Å².